The molecule has 0 saturated carbocycles. The van der Waals surface area contributed by atoms with E-state index in [4.69, 9.17) is 0 Å². The molecule has 0 bridgehead atoms. The third kappa shape index (κ3) is 12.6. The summed E-state index contributed by atoms with van der Waals surface area (Å²) in [7, 11) is 0. The van der Waals surface area contributed by atoms with E-state index in [1.54, 1.807) is 0 Å². The second-order valence-electron chi connectivity index (χ2n) is 12.0. The predicted molar refractivity (Wildman–Crippen MR) is 203 cm³/mol. The van der Waals surface area contributed by atoms with Gasteiger partial charge in [0, 0.05) is 0 Å². The molecule has 0 atom stereocenters. The SMILES string of the molecule is C[CH-]C.Cc1cc2c(-c3ccccc3)cccc2[cH-]1.Cc1cc2c(-c3ccccc3)cccc2[cH-]1.[CH2-]CCCCCCCCC.[Zr+4]. The number of hydrogen-bond acceptors (Lipinski definition) is 0. The maximum absolute atomic E-state index is 3.82. The molecule has 6 aromatic carbocycles. The summed E-state index contributed by atoms with van der Waals surface area (Å²) >= 11 is 0. The monoisotopic (exact) mass is 684 g/mol. The van der Waals surface area contributed by atoms with Crippen LogP contribution in [0.4, 0.5) is 0 Å². The number of fused-ring (bicyclic) bond motifs is 2. The molecule has 0 nitrogen and oxygen atoms in total. The predicted octanol–water partition coefficient (Wildman–Crippen LogP) is 14.3. The van der Waals surface area contributed by atoms with Crippen molar-refractivity contribution in [3.8, 4) is 22.3 Å². The average molecular weight is 686 g/mol. The molecule has 0 aliphatic carbocycles. The van der Waals surface area contributed by atoms with Gasteiger partial charge in [0.2, 0.25) is 0 Å². The van der Waals surface area contributed by atoms with Crippen LogP contribution in [-0.2, 0) is 26.2 Å². The van der Waals surface area contributed by atoms with Crippen LogP contribution in [0.5, 0.6) is 0 Å². The van der Waals surface area contributed by atoms with Crippen LogP contribution in [0.3, 0.4) is 0 Å². The maximum atomic E-state index is 3.82. The fourth-order valence-electron chi connectivity index (χ4n) is 5.64. The average Bonchev–Trinajstić information content (AvgIpc) is 3.65. The molecule has 0 aliphatic rings. The number of aryl methyl sites for hydroxylation is 2. The third-order valence-corrected chi connectivity index (χ3v) is 7.81. The van der Waals surface area contributed by atoms with Gasteiger partial charge in [-0.3, -0.25) is 0 Å². The van der Waals surface area contributed by atoms with Crippen LogP contribution < -0.4 is 0 Å². The van der Waals surface area contributed by atoms with E-state index in [1.807, 2.05) is 20.3 Å². The topological polar surface area (TPSA) is 0 Å². The Morgan fingerprint density at radius 2 is 0.935 bits per heavy atom. The van der Waals surface area contributed by atoms with Gasteiger partial charge >= 0.3 is 26.2 Å². The van der Waals surface area contributed by atoms with E-state index in [9.17, 15) is 0 Å². The minimum absolute atomic E-state index is 0. The Hall–Kier alpha value is -3.02. The van der Waals surface area contributed by atoms with E-state index in [0.717, 1.165) is 6.42 Å². The molecule has 0 saturated heterocycles. The summed E-state index contributed by atoms with van der Waals surface area (Å²) in [5.41, 5.74) is 7.89. The van der Waals surface area contributed by atoms with Gasteiger partial charge in [-0.1, -0.05) is 150 Å². The molecule has 0 aromatic heterocycles. The summed E-state index contributed by atoms with van der Waals surface area (Å²) in [6.45, 7) is 14.4. The zero-order chi connectivity index (χ0) is 32.3. The minimum Gasteiger partial charge on any atom is -0.343 e. The van der Waals surface area contributed by atoms with E-state index >= 15 is 0 Å². The van der Waals surface area contributed by atoms with Crippen LogP contribution in [0.25, 0.3) is 43.8 Å². The fourth-order valence-corrected chi connectivity index (χ4v) is 5.64. The largest absolute Gasteiger partial charge is 4.00 e. The molecular weight excluding hydrogens is 632 g/mol. The molecule has 6 aromatic rings. The molecular formula is C45H54Zr. The van der Waals surface area contributed by atoms with E-state index in [0.29, 0.717) is 0 Å². The Labute approximate surface area is 300 Å². The van der Waals surface area contributed by atoms with Gasteiger partial charge in [0.05, 0.1) is 0 Å². The zero-order valence-corrected chi connectivity index (χ0v) is 31.4. The van der Waals surface area contributed by atoms with E-state index in [1.165, 1.54) is 99.9 Å². The number of rotatable bonds is 9. The van der Waals surface area contributed by atoms with Crippen LogP contribution >= 0.6 is 0 Å². The summed E-state index contributed by atoms with van der Waals surface area (Å²) < 4.78 is 0. The first-order valence-corrected chi connectivity index (χ1v) is 17.0. The van der Waals surface area contributed by atoms with Gasteiger partial charge in [-0.25, -0.2) is 0 Å². The normalized spacial score (nSPS) is 10.1. The van der Waals surface area contributed by atoms with Gasteiger partial charge in [0.15, 0.2) is 0 Å². The van der Waals surface area contributed by atoms with Crippen LogP contribution in [0, 0.1) is 27.2 Å². The summed E-state index contributed by atoms with van der Waals surface area (Å²) in [5, 5.41) is 5.37. The quantitative estimate of drug-likeness (QED) is 0.105. The summed E-state index contributed by atoms with van der Waals surface area (Å²) in [4.78, 5) is 0. The molecule has 0 aliphatic heterocycles. The molecule has 1 heteroatoms. The summed E-state index contributed by atoms with van der Waals surface area (Å²) in [5.74, 6) is 0. The van der Waals surface area contributed by atoms with Crippen molar-refractivity contribution >= 4 is 21.5 Å². The van der Waals surface area contributed by atoms with Gasteiger partial charge in [-0.05, 0) is 11.1 Å². The second-order valence-corrected chi connectivity index (χ2v) is 12.0. The van der Waals surface area contributed by atoms with Crippen LogP contribution in [-0.4, -0.2) is 0 Å². The minimum atomic E-state index is 0. The van der Waals surface area contributed by atoms with Crippen LogP contribution in [0.2, 0.25) is 0 Å². The second kappa shape index (κ2) is 22.5. The van der Waals surface area contributed by atoms with Crippen molar-refractivity contribution < 1.29 is 26.2 Å². The Bertz CT molecular complexity index is 1490. The number of hydrogen-bond donors (Lipinski definition) is 0. The first-order chi connectivity index (χ1) is 22.0. The van der Waals surface area contributed by atoms with Crippen molar-refractivity contribution in [1.29, 1.82) is 0 Å². The van der Waals surface area contributed by atoms with E-state index in [-0.39, 0.29) is 26.2 Å². The molecule has 0 heterocycles. The van der Waals surface area contributed by atoms with Crippen molar-refractivity contribution in [2.24, 2.45) is 0 Å². The number of unbranched alkanes of at least 4 members (excludes halogenated alkanes) is 7. The molecule has 0 fully saturated rings. The Balaban J connectivity index is 0.000000234. The Morgan fingerprint density at radius 1 is 0.543 bits per heavy atom. The maximum Gasteiger partial charge on any atom is 4.00 e. The third-order valence-electron chi connectivity index (χ3n) is 7.81. The van der Waals surface area contributed by atoms with Crippen molar-refractivity contribution in [3.05, 3.63) is 146 Å². The van der Waals surface area contributed by atoms with Crippen LogP contribution in [0.1, 0.15) is 83.3 Å². The standard InChI is InChI=1S/2C16H13.C10H21.C3H7.Zr/c2*1-12-10-14-8-5-9-15(16(14)11-12)13-6-3-2-4-7-13;1-3-5-7-9-10-8-6-4-2;1-3-2;/h2*2-11H,1H3;1,3-10H2,2H3;3H,1-2H3;/q4*-1;+4. The van der Waals surface area contributed by atoms with Crippen molar-refractivity contribution in [1.82, 2.24) is 0 Å². The molecule has 238 valence electrons. The first-order valence-electron chi connectivity index (χ1n) is 17.0. The Morgan fingerprint density at radius 3 is 1.33 bits per heavy atom. The van der Waals surface area contributed by atoms with Gasteiger partial charge in [0.1, 0.15) is 0 Å². The molecule has 0 amide bonds. The smallest absolute Gasteiger partial charge is 0.343 e. The van der Waals surface area contributed by atoms with E-state index < -0.39 is 0 Å². The van der Waals surface area contributed by atoms with Crippen molar-refractivity contribution in [3.63, 3.8) is 0 Å². The summed E-state index contributed by atoms with van der Waals surface area (Å²) in [6.07, 6.45) is 12.9. The number of benzene rings is 4. The molecule has 0 N–H and O–H groups in total. The fraction of sp³-hybridized carbons (Fsp3) is 0.289. The molecule has 0 unspecified atom stereocenters. The Kier molecular flexibility index (Phi) is 19.2. The van der Waals surface area contributed by atoms with Gasteiger partial charge < -0.3 is 13.3 Å². The van der Waals surface area contributed by atoms with Crippen LogP contribution in [0.15, 0.2) is 121 Å². The molecule has 6 rings (SSSR count). The van der Waals surface area contributed by atoms with Gasteiger partial charge in [0.25, 0.3) is 0 Å². The zero-order valence-electron chi connectivity index (χ0n) is 29.0. The first kappa shape index (κ1) is 39.2. The van der Waals surface area contributed by atoms with Gasteiger partial charge in [-0.2, -0.15) is 32.4 Å². The molecule has 46 heavy (non-hydrogen) atoms. The summed E-state index contributed by atoms with van der Waals surface area (Å²) in [6, 6.07) is 43.1. The molecule has 0 radical (unpaired) electrons. The van der Waals surface area contributed by atoms with Crippen molar-refractivity contribution in [2.75, 3.05) is 0 Å². The van der Waals surface area contributed by atoms with Gasteiger partial charge in [-0.15, -0.1) is 69.1 Å². The molecule has 0 spiro atoms. The van der Waals surface area contributed by atoms with Crippen molar-refractivity contribution in [2.45, 2.75) is 86.0 Å². The van der Waals surface area contributed by atoms with E-state index in [2.05, 4.69) is 149 Å².